The minimum atomic E-state index is 0. The Bertz CT molecular complexity index is 68.1. The number of hydrogen-bond donors (Lipinski definition) is 0. The van der Waals surface area contributed by atoms with Crippen molar-refractivity contribution in [1.29, 1.82) is 0 Å². The number of hydrogen-bond acceptors (Lipinski definition) is 0. The highest BCUT2D eigenvalue weighted by Crippen LogP contribution is 2.33. The first-order chi connectivity index (χ1) is 4.06. The van der Waals surface area contributed by atoms with E-state index in [-0.39, 0.29) is 7.43 Å². The molecule has 0 radical (unpaired) electrons. The maximum absolute atomic E-state index is 2.37. The van der Waals surface area contributed by atoms with Crippen molar-refractivity contribution >= 4 is 0 Å². The Morgan fingerprint density at radius 3 is 1.40 bits per heavy atom. The van der Waals surface area contributed by atoms with Crippen molar-refractivity contribution in [3.05, 3.63) is 0 Å². The van der Waals surface area contributed by atoms with Crippen molar-refractivity contribution in [2.45, 2.75) is 54.9 Å². The van der Waals surface area contributed by atoms with Crippen molar-refractivity contribution in [2.75, 3.05) is 0 Å². The van der Waals surface area contributed by atoms with Gasteiger partial charge < -0.3 is 0 Å². The second-order valence-electron chi connectivity index (χ2n) is 3.52. The van der Waals surface area contributed by atoms with Gasteiger partial charge in [-0.3, -0.25) is 0 Å². The van der Waals surface area contributed by atoms with Crippen LogP contribution in [0.2, 0.25) is 0 Å². The quantitative estimate of drug-likeness (QED) is 0.559. The van der Waals surface area contributed by atoms with E-state index in [0.29, 0.717) is 5.41 Å². The first-order valence-corrected chi connectivity index (χ1v) is 4.06. The molecule has 0 unspecified atom stereocenters. The zero-order chi connectivity index (χ0) is 7.49. The van der Waals surface area contributed by atoms with Crippen LogP contribution in [0.5, 0.6) is 0 Å². The summed E-state index contributed by atoms with van der Waals surface area (Å²) >= 11 is 0. The van der Waals surface area contributed by atoms with Gasteiger partial charge in [-0.15, -0.1) is 0 Å². The van der Waals surface area contributed by atoms with E-state index in [1.54, 1.807) is 0 Å². The minimum absolute atomic E-state index is 0. The van der Waals surface area contributed by atoms with Gasteiger partial charge in [-0.25, -0.2) is 0 Å². The van der Waals surface area contributed by atoms with Gasteiger partial charge in [-0.1, -0.05) is 54.9 Å². The van der Waals surface area contributed by atoms with E-state index < -0.39 is 0 Å². The molecule has 0 saturated heterocycles. The van der Waals surface area contributed by atoms with Crippen LogP contribution in [0, 0.1) is 11.3 Å². The van der Waals surface area contributed by atoms with Gasteiger partial charge in [0, 0.05) is 0 Å². The SMILES string of the molecule is C.CCC(C)(CC)C(C)C. The summed E-state index contributed by atoms with van der Waals surface area (Å²) in [7, 11) is 0. The summed E-state index contributed by atoms with van der Waals surface area (Å²) < 4.78 is 0. The van der Waals surface area contributed by atoms with Crippen LogP contribution >= 0.6 is 0 Å². The summed E-state index contributed by atoms with van der Waals surface area (Å²) in [4.78, 5) is 0. The highest BCUT2D eigenvalue weighted by atomic mass is 14.3. The molecule has 0 heterocycles. The molecule has 0 saturated carbocycles. The van der Waals surface area contributed by atoms with Gasteiger partial charge in [0.2, 0.25) is 0 Å². The van der Waals surface area contributed by atoms with Gasteiger partial charge in [0.05, 0.1) is 0 Å². The fourth-order valence-corrected chi connectivity index (χ4v) is 1.07. The molecule has 0 aliphatic carbocycles. The molecule has 0 aromatic carbocycles. The first-order valence-electron chi connectivity index (χ1n) is 4.06. The average Bonchev–Trinajstić information content (AvgIpc) is 1.86. The van der Waals surface area contributed by atoms with Crippen molar-refractivity contribution in [2.24, 2.45) is 11.3 Å². The molecule has 0 spiro atoms. The van der Waals surface area contributed by atoms with Crippen LogP contribution in [0.3, 0.4) is 0 Å². The molecule has 0 amide bonds. The van der Waals surface area contributed by atoms with Gasteiger partial charge in [0.15, 0.2) is 0 Å². The van der Waals surface area contributed by atoms with Crippen LogP contribution < -0.4 is 0 Å². The van der Waals surface area contributed by atoms with Crippen molar-refractivity contribution < 1.29 is 0 Å². The Kier molecular flexibility index (Phi) is 6.02. The minimum Gasteiger partial charge on any atom is -0.0776 e. The fraction of sp³-hybridized carbons (Fsp3) is 1.00. The normalized spacial score (nSPS) is 11.4. The third kappa shape index (κ3) is 2.72. The summed E-state index contributed by atoms with van der Waals surface area (Å²) in [6.07, 6.45) is 2.61. The average molecular weight is 144 g/mol. The Hall–Kier alpha value is 0. The molecule has 0 nitrogen and oxygen atoms in total. The monoisotopic (exact) mass is 144 g/mol. The van der Waals surface area contributed by atoms with Crippen LogP contribution in [0.15, 0.2) is 0 Å². The van der Waals surface area contributed by atoms with Crippen LogP contribution in [-0.2, 0) is 0 Å². The fourth-order valence-electron chi connectivity index (χ4n) is 1.07. The Morgan fingerprint density at radius 2 is 1.40 bits per heavy atom. The largest absolute Gasteiger partial charge is 0.0776 e. The molecule has 0 N–H and O–H groups in total. The highest BCUT2D eigenvalue weighted by molar-refractivity contribution is 4.73. The van der Waals surface area contributed by atoms with E-state index in [9.17, 15) is 0 Å². The van der Waals surface area contributed by atoms with Gasteiger partial charge in [-0.2, -0.15) is 0 Å². The predicted octanol–water partition coefficient (Wildman–Crippen LogP) is 4.10. The molecular formula is C10H24. The second-order valence-corrected chi connectivity index (χ2v) is 3.52. The summed E-state index contributed by atoms with van der Waals surface area (Å²) in [5.74, 6) is 0.826. The first kappa shape index (κ1) is 12.7. The third-order valence-electron chi connectivity index (χ3n) is 3.01. The third-order valence-corrected chi connectivity index (χ3v) is 3.01. The Labute approximate surface area is 67.0 Å². The molecule has 0 rings (SSSR count). The molecule has 0 aromatic rings. The highest BCUT2D eigenvalue weighted by Gasteiger charge is 2.22. The standard InChI is InChI=1S/C9H20.CH4/c1-6-9(5,7-2)8(3)4;/h8H,6-7H2,1-5H3;1H4. The molecule has 0 atom stereocenters. The lowest BCUT2D eigenvalue weighted by Crippen LogP contribution is -2.20. The lowest BCUT2D eigenvalue weighted by atomic mass is 9.75. The van der Waals surface area contributed by atoms with E-state index in [0.717, 1.165) is 5.92 Å². The van der Waals surface area contributed by atoms with Crippen LogP contribution in [0.25, 0.3) is 0 Å². The van der Waals surface area contributed by atoms with E-state index in [2.05, 4.69) is 34.6 Å². The summed E-state index contributed by atoms with van der Waals surface area (Å²) in [5, 5.41) is 0. The van der Waals surface area contributed by atoms with Crippen LogP contribution in [-0.4, -0.2) is 0 Å². The molecular weight excluding hydrogens is 120 g/mol. The predicted molar refractivity (Wildman–Crippen MR) is 50.3 cm³/mol. The molecule has 0 aliphatic rings. The van der Waals surface area contributed by atoms with E-state index in [4.69, 9.17) is 0 Å². The molecule has 0 heteroatoms. The second kappa shape index (κ2) is 4.76. The van der Waals surface area contributed by atoms with Crippen molar-refractivity contribution in [3.8, 4) is 0 Å². The van der Waals surface area contributed by atoms with Gasteiger partial charge >= 0.3 is 0 Å². The van der Waals surface area contributed by atoms with Crippen LogP contribution in [0.1, 0.15) is 54.9 Å². The summed E-state index contributed by atoms with van der Waals surface area (Å²) in [6.45, 7) is 11.6. The Morgan fingerprint density at radius 1 is 1.10 bits per heavy atom. The molecule has 0 fully saturated rings. The molecule has 0 aliphatic heterocycles. The topological polar surface area (TPSA) is 0 Å². The van der Waals surface area contributed by atoms with Crippen molar-refractivity contribution in [3.63, 3.8) is 0 Å². The molecule has 0 aromatic heterocycles. The lowest BCUT2D eigenvalue weighted by Gasteiger charge is -2.31. The maximum Gasteiger partial charge on any atom is -0.0308 e. The zero-order valence-corrected chi connectivity index (χ0v) is 7.49. The lowest BCUT2D eigenvalue weighted by molar-refractivity contribution is 0.200. The molecule has 10 heavy (non-hydrogen) atoms. The summed E-state index contributed by atoms with van der Waals surface area (Å²) in [5.41, 5.74) is 0.583. The number of rotatable bonds is 3. The summed E-state index contributed by atoms with van der Waals surface area (Å²) in [6, 6.07) is 0. The Balaban J connectivity index is 0. The van der Waals surface area contributed by atoms with Crippen molar-refractivity contribution in [1.82, 2.24) is 0 Å². The smallest absolute Gasteiger partial charge is 0.0308 e. The van der Waals surface area contributed by atoms with E-state index in [1.807, 2.05) is 0 Å². The van der Waals surface area contributed by atoms with Crippen LogP contribution in [0.4, 0.5) is 0 Å². The molecule has 64 valence electrons. The van der Waals surface area contributed by atoms with Gasteiger partial charge in [0.1, 0.15) is 0 Å². The maximum atomic E-state index is 2.37. The molecule has 0 bridgehead atoms. The van der Waals surface area contributed by atoms with E-state index >= 15 is 0 Å². The van der Waals surface area contributed by atoms with Gasteiger partial charge in [0.25, 0.3) is 0 Å². The van der Waals surface area contributed by atoms with Gasteiger partial charge in [-0.05, 0) is 11.3 Å². The zero-order valence-electron chi connectivity index (χ0n) is 7.49. The van der Waals surface area contributed by atoms with E-state index in [1.165, 1.54) is 12.8 Å².